The van der Waals surface area contributed by atoms with Crippen molar-refractivity contribution in [2.75, 3.05) is 11.4 Å². The number of alkyl halides is 3. The van der Waals surface area contributed by atoms with E-state index in [4.69, 9.17) is 0 Å². The molecule has 0 amide bonds. The number of aromatic nitrogens is 3. The van der Waals surface area contributed by atoms with Gasteiger partial charge < -0.3 is 4.90 Å². The molecule has 1 aliphatic heterocycles. The molecule has 0 aromatic carbocycles. The van der Waals surface area contributed by atoms with Crippen molar-refractivity contribution in [3.8, 4) is 0 Å². The summed E-state index contributed by atoms with van der Waals surface area (Å²) in [6.45, 7) is 1.00. The highest BCUT2D eigenvalue weighted by Crippen LogP contribution is 2.37. The number of pyridine rings is 1. The molecule has 0 bridgehead atoms. The predicted octanol–water partition coefficient (Wildman–Crippen LogP) is 4.43. The largest absolute Gasteiger partial charge is 0.417 e. The first-order valence-electron chi connectivity index (χ1n) is 7.11. The number of hydrogen-bond donors (Lipinski definition) is 0. The number of anilines is 1. The molecule has 0 atom stereocenters. The van der Waals surface area contributed by atoms with Crippen molar-refractivity contribution in [3.05, 3.63) is 45.3 Å². The molecule has 0 saturated carbocycles. The van der Waals surface area contributed by atoms with Gasteiger partial charge in [-0.15, -0.1) is 11.3 Å². The summed E-state index contributed by atoms with van der Waals surface area (Å²) >= 11 is 4.99. The molecule has 1 aliphatic rings. The van der Waals surface area contributed by atoms with Crippen LogP contribution in [0.25, 0.3) is 10.2 Å². The number of fused-ring (bicyclic) bond motifs is 2. The van der Waals surface area contributed by atoms with Gasteiger partial charge in [-0.25, -0.2) is 9.97 Å². The molecule has 0 saturated heterocycles. The van der Waals surface area contributed by atoms with Crippen molar-refractivity contribution in [2.45, 2.75) is 19.1 Å². The van der Waals surface area contributed by atoms with E-state index in [9.17, 15) is 13.2 Å². The third-order valence-corrected chi connectivity index (χ3v) is 5.79. The first-order valence-corrected chi connectivity index (χ1v) is 8.78. The molecule has 0 aliphatic carbocycles. The van der Waals surface area contributed by atoms with Gasteiger partial charge in [0, 0.05) is 41.3 Å². The Balaban J connectivity index is 1.74. The van der Waals surface area contributed by atoms with Gasteiger partial charge in [0.1, 0.15) is 17.0 Å². The molecule has 4 rings (SSSR count). The van der Waals surface area contributed by atoms with Crippen LogP contribution in [0.3, 0.4) is 0 Å². The second-order valence-corrected chi connectivity index (χ2v) is 7.17. The van der Waals surface area contributed by atoms with Gasteiger partial charge in [0.05, 0.1) is 10.9 Å². The molecule has 0 N–H and O–H groups in total. The SMILES string of the molecule is FC(F)(F)c1cnc2c(c1)CN(c1ncnc3scc(Br)c13)CC2. The maximum absolute atomic E-state index is 12.9. The molecule has 9 heteroatoms. The van der Waals surface area contributed by atoms with Gasteiger partial charge in [0.2, 0.25) is 0 Å². The quantitative estimate of drug-likeness (QED) is 0.590. The average Bonchev–Trinajstić information content (AvgIpc) is 2.94. The number of hydrogen-bond acceptors (Lipinski definition) is 5. The van der Waals surface area contributed by atoms with Gasteiger partial charge >= 0.3 is 6.18 Å². The highest BCUT2D eigenvalue weighted by atomic mass is 79.9. The Labute approximate surface area is 147 Å². The van der Waals surface area contributed by atoms with Crippen LogP contribution in [0.15, 0.2) is 28.4 Å². The number of thiophene rings is 1. The van der Waals surface area contributed by atoms with Crippen molar-refractivity contribution in [2.24, 2.45) is 0 Å². The highest BCUT2D eigenvalue weighted by Gasteiger charge is 2.32. The molecule has 3 aromatic heterocycles. The lowest BCUT2D eigenvalue weighted by Crippen LogP contribution is -2.32. The second-order valence-electron chi connectivity index (χ2n) is 5.46. The molecular formula is C15H10BrF3N4S. The first kappa shape index (κ1) is 15.8. The lowest BCUT2D eigenvalue weighted by molar-refractivity contribution is -0.137. The van der Waals surface area contributed by atoms with Crippen molar-refractivity contribution >= 4 is 43.3 Å². The lowest BCUT2D eigenvalue weighted by Gasteiger charge is -2.30. The number of halogens is 4. The number of nitrogens with zero attached hydrogens (tertiary/aromatic N) is 4. The zero-order valence-corrected chi connectivity index (χ0v) is 14.5. The van der Waals surface area contributed by atoms with Gasteiger partial charge in [-0.2, -0.15) is 13.2 Å². The molecule has 0 spiro atoms. The minimum Gasteiger partial charge on any atom is -0.351 e. The highest BCUT2D eigenvalue weighted by molar-refractivity contribution is 9.10. The van der Waals surface area contributed by atoms with Crippen LogP contribution in [0.4, 0.5) is 19.0 Å². The summed E-state index contributed by atoms with van der Waals surface area (Å²) < 4.78 is 39.6. The summed E-state index contributed by atoms with van der Waals surface area (Å²) in [5.74, 6) is 0.733. The molecule has 0 unspecified atom stereocenters. The summed E-state index contributed by atoms with van der Waals surface area (Å²) in [7, 11) is 0. The van der Waals surface area contributed by atoms with E-state index in [1.807, 2.05) is 10.3 Å². The van der Waals surface area contributed by atoms with Crippen LogP contribution in [-0.4, -0.2) is 21.5 Å². The molecule has 0 fully saturated rings. The third kappa shape index (κ3) is 2.65. The predicted molar refractivity (Wildman–Crippen MR) is 89.1 cm³/mol. The molecule has 124 valence electrons. The average molecular weight is 415 g/mol. The molecule has 3 aromatic rings. The maximum atomic E-state index is 12.9. The van der Waals surface area contributed by atoms with Crippen LogP contribution in [0.2, 0.25) is 0 Å². The Hall–Kier alpha value is -1.74. The Morgan fingerprint density at radius 1 is 1.21 bits per heavy atom. The second kappa shape index (κ2) is 5.66. The monoisotopic (exact) mass is 414 g/mol. The first-order chi connectivity index (χ1) is 11.4. The Morgan fingerprint density at radius 2 is 2.04 bits per heavy atom. The van der Waals surface area contributed by atoms with E-state index in [0.29, 0.717) is 30.8 Å². The van der Waals surface area contributed by atoms with Crippen LogP contribution in [0.5, 0.6) is 0 Å². The normalized spacial score (nSPS) is 14.9. The lowest BCUT2D eigenvalue weighted by atomic mass is 10.0. The Kier molecular flexibility index (Phi) is 3.72. The van der Waals surface area contributed by atoms with Gasteiger partial charge in [-0.1, -0.05) is 0 Å². The standard InChI is InChI=1S/C15H10BrF3N4S/c16-10-6-24-14-12(10)13(21-7-22-14)23-2-1-11-8(5-23)3-9(4-20-11)15(17,18)19/h3-4,6-7H,1-2,5H2. The van der Waals surface area contributed by atoms with Crippen molar-refractivity contribution < 1.29 is 13.2 Å². The van der Waals surface area contributed by atoms with Crippen molar-refractivity contribution in [3.63, 3.8) is 0 Å². The van der Waals surface area contributed by atoms with E-state index in [0.717, 1.165) is 26.7 Å². The fourth-order valence-corrected chi connectivity index (χ4v) is 4.36. The molecule has 4 heterocycles. The summed E-state index contributed by atoms with van der Waals surface area (Å²) in [4.78, 5) is 15.4. The van der Waals surface area contributed by atoms with E-state index in [1.54, 1.807) is 0 Å². The molecule has 24 heavy (non-hydrogen) atoms. The smallest absolute Gasteiger partial charge is 0.351 e. The maximum Gasteiger partial charge on any atom is 0.417 e. The molecular weight excluding hydrogens is 405 g/mol. The Morgan fingerprint density at radius 3 is 2.83 bits per heavy atom. The zero-order valence-electron chi connectivity index (χ0n) is 12.1. The van der Waals surface area contributed by atoms with Crippen molar-refractivity contribution in [1.29, 1.82) is 0 Å². The molecule has 0 radical (unpaired) electrons. The van der Waals surface area contributed by atoms with Crippen LogP contribution < -0.4 is 4.90 Å². The summed E-state index contributed by atoms with van der Waals surface area (Å²) in [5, 5.41) is 2.83. The van der Waals surface area contributed by atoms with Gasteiger partial charge in [-0.05, 0) is 27.6 Å². The Bertz CT molecular complexity index is 925. The van der Waals surface area contributed by atoms with Crippen molar-refractivity contribution in [1.82, 2.24) is 15.0 Å². The van der Waals surface area contributed by atoms with Gasteiger partial charge in [-0.3, -0.25) is 4.98 Å². The fourth-order valence-electron chi connectivity index (χ4n) is 2.83. The van der Waals surface area contributed by atoms with Crippen LogP contribution in [-0.2, 0) is 19.1 Å². The van der Waals surface area contributed by atoms with Gasteiger partial charge in [0.15, 0.2) is 0 Å². The minimum atomic E-state index is -4.39. The van der Waals surface area contributed by atoms with Crippen LogP contribution in [0.1, 0.15) is 16.8 Å². The van der Waals surface area contributed by atoms with Crippen LogP contribution in [0, 0.1) is 0 Å². The minimum absolute atomic E-state index is 0.348. The summed E-state index contributed by atoms with van der Waals surface area (Å²) in [6.07, 6.45) is -1.41. The third-order valence-electron chi connectivity index (χ3n) is 3.97. The van der Waals surface area contributed by atoms with Crippen LogP contribution >= 0.6 is 27.3 Å². The fraction of sp³-hybridized carbons (Fsp3) is 0.267. The topological polar surface area (TPSA) is 41.9 Å². The van der Waals surface area contributed by atoms with E-state index in [-0.39, 0.29) is 0 Å². The van der Waals surface area contributed by atoms with Gasteiger partial charge in [0.25, 0.3) is 0 Å². The number of rotatable bonds is 1. The summed E-state index contributed by atoms with van der Waals surface area (Å²) in [6, 6.07) is 1.19. The van der Waals surface area contributed by atoms with E-state index >= 15 is 0 Å². The molecule has 4 nitrogen and oxygen atoms in total. The van der Waals surface area contributed by atoms with E-state index in [2.05, 4.69) is 30.9 Å². The van der Waals surface area contributed by atoms with E-state index in [1.165, 1.54) is 23.7 Å². The zero-order chi connectivity index (χ0) is 16.9. The van der Waals surface area contributed by atoms with E-state index < -0.39 is 11.7 Å². The summed E-state index contributed by atoms with van der Waals surface area (Å²) in [5.41, 5.74) is 0.593.